The Morgan fingerprint density at radius 2 is 1.80 bits per heavy atom. The Morgan fingerprint density at radius 3 is 2.27 bits per heavy atom. The minimum Gasteiger partial charge on any atom is -0.481 e. The van der Waals surface area contributed by atoms with Crippen molar-refractivity contribution in [3.63, 3.8) is 0 Å². The molecular weight excluding hydrogens is 188 g/mol. The zero-order chi connectivity index (χ0) is 11.6. The summed E-state index contributed by atoms with van der Waals surface area (Å²) in [6, 6.07) is 7.76. The maximum absolute atomic E-state index is 11.0. The largest absolute Gasteiger partial charge is 0.481 e. The molecule has 0 saturated carbocycles. The third kappa shape index (κ3) is 2.58. The van der Waals surface area contributed by atoms with Gasteiger partial charge in [0.05, 0.1) is 5.92 Å². The van der Waals surface area contributed by atoms with E-state index in [0.717, 1.165) is 11.1 Å². The summed E-state index contributed by atoms with van der Waals surface area (Å²) in [7, 11) is 0. The van der Waals surface area contributed by atoms with Gasteiger partial charge in [-0.2, -0.15) is 0 Å². The van der Waals surface area contributed by atoms with Crippen LogP contribution in [0.3, 0.4) is 0 Å². The maximum atomic E-state index is 11.0. The van der Waals surface area contributed by atoms with E-state index in [1.165, 1.54) is 0 Å². The number of rotatable bonds is 2. The van der Waals surface area contributed by atoms with Crippen LogP contribution in [0.2, 0.25) is 0 Å². The molecule has 1 rings (SSSR count). The van der Waals surface area contributed by atoms with Gasteiger partial charge in [0.25, 0.3) is 0 Å². The van der Waals surface area contributed by atoms with Crippen LogP contribution in [0.4, 0.5) is 0 Å². The number of benzene rings is 1. The first-order chi connectivity index (χ1) is 6.84. The molecule has 0 aromatic heterocycles. The van der Waals surface area contributed by atoms with Gasteiger partial charge in [0.15, 0.2) is 0 Å². The van der Waals surface area contributed by atoms with Gasteiger partial charge >= 0.3 is 5.97 Å². The van der Waals surface area contributed by atoms with Crippen molar-refractivity contribution in [1.29, 1.82) is 0 Å². The predicted molar refractivity (Wildman–Crippen MR) is 61.2 cm³/mol. The lowest BCUT2D eigenvalue weighted by Gasteiger charge is -2.24. The van der Waals surface area contributed by atoms with Crippen LogP contribution in [0.15, 0.2) is 24.3 Å². The minimum absolute atomic E-state index is 0.0136. The van der Waals surface area contributed by atoms with Crippen LogP contribution in [0, 0.1) is 0 Å². The molecule has 1 aromatic carbocycles. The Kier molecular flexibility index (Phi) is 3.18. The number of hydrogen-bond donors (Lipinski definition) is 1. The van der Waals surface area contributed by atoms with Crippen molar-refractivity contribution in [3.05, 3.63) is 35.4 Å². The van der Waals surface area contributed by atoms with Crippen molar-refractivity contribution in [2.75, 3.05) is 0 Å². The first-order valence-electron chi connectivity index (χ1n) is 5.16. The third-order valence-electron chi connectivity index (χ3n) is 2.61. The van der Waals surface area contributed by atoms with Crippen LogP contribution in [-0.4, -0.2) is 11.1 Å². The topological polar surface area (TPSA) is 37.3 Å². The summed E-state index contributed by atoms with van der Waals surface area (Å²) in [5, 5.41) is 9.03. The molecule has 15 heavy (non-hydrogen) atoms. The molecule has 0 saturated heterocycles. The van der Waals surface area contributed by atoms with Gasteiger partial charge in [-0.05, 0) is 23.5 Å². The second-order valence-electron chi connectivity index (χ2n) is 4.90. The molecule has 82 valence electrons. The predicted octanol–water partition coefficient (Wildman–Crippen LogP) is 3.17. The van der Waals surface area contributed by atoms with Crippen LogP contribution < -0.4 is 0 Å². The monoisotopic (exact) mass is 206 g/mol. The van der Waals surface area contributed by atoms with E-state index in [0.29, 0.717) is 0 Å². The van der Waals surface area contributed by atoms with Crippen LogP contribution in [0.25, 0.3) is 0 Å². The number of carbonyl (C=O) groups is 1. The van der Waals surface area contributed by atoms with E-state index in [1.807, 2.05) is 24.3 Å². The van der Waals surface area contributed by atoms with Gasteiger partial charge in [-0.15, -0.1) is 0 Å². The molecular formula is C13H18O2. The van der Waals surface area contributed by atoms with Gasteiger partial charge < -0.3 is 5.11 Å². The Labute approximate surface area is 90.9 Å². The fourth-order valence-corrected chi connectivity index (χ4v) is 1.69. The molecule has 0 amide bonds. The van der Waals surface area contributed by atoms with Crippen LogP contribution in [0.1, 0.15) is 44.7 Å². The smallest absolute Gasteiger partial charge is 0.310 e. The zero-order valence-corrected chi connectivity index (χ0v) is 9.74. The van der Waals surface area contributed by atoms with E-state index in [2.05, 4.69) is 20.8 Å². The molecule has 0 aliphatic heterocycles. The Morgan fingerprint density at radius 1 is 1.27 bits per heavy atom. The third-order valence-corrected chi connectivity index (χ3v) is 2.61. The fourth-order valence-electron chi connectivity index (χ4n) is 1.69. The lowest BCUT2D eigenvalue weighted by molar-refractivity contribution is -0.138. The quantitative estimate of drug-likeness (QED) is 0.807. The lowest BCUT2D eigenvalue weighted by atomic mass is 9.80. The van der Waals surface area contributed by atoms with Crippen LogP contribution in [-0.2, 0) is 10.2 Å². The van der Waals surface area contributed by atoms with Crippen molar-refractivity contribution in [2.45, 2.75) is 39.0 Å². The van der Waals surface area contributed by atoms with Crippen LogP contribution >= 0.6 is 0 Å². The zero-order valence-electron chi connectivity index (χ0n) is 9.74. The molecule has 0 aliphatic carbocycles. The second-order valence-corrected chi connectivity index (χ2v) is 4.90. The van der Waals surface area contributed by atoms with E-state index < -0.39 is 11.9 Å². The average Bonchev–Trinajstić information content (AvgIpc) is 2.15. The van der Waals surface area contributed by atoms with Crippen molar-refractivity contribution in [3.8, 4) is 0 Å². The summed E-state index contributed by atoms with van der Waals surface area (Å²) in [6.07, 6.45) is 0. The van der Waals surface area contributed by atoms with Gasteiger partial charge in [-0.3, -0.25) is 4.79 Å². The highest BCUT2D eigenvalue weighted by atomic mass is 16.4. The Hall–Kier alpha value is -1.31. The van der Waals surface area contributed by atoms with Crippen molar-refractivity contribution in [2.24, 2.45) is 0 Å². The normalized spacial score (nSPS) is 13.6. The van der Waals surface area contributed by atoms with E-state index in [1.54, 1.807) is 6.92 Å². The molecule has 0 aliphatic rings. The van der Waals surface area contributed by atoms with Crippen molar-refractivity contribution in [1.82, 2.24) is 0 Å². The van der Waals surface area contributed by atoms with Gasteiger partial charge in [-0.1, -0.05) is 45.0 Å². The highest BCUT2D eigenvalue weighted by molar-refractivity contribution is 5.76. The summed E-state index contributed by atoms with van der Waals surface area (Å²) in [6.45, 7) is 8.02. The molecule has 0 heterocycles. The number of aliphatic carboxylic acids is 1. The van der Waals surface area contributed by atoms with E-state index >= 15 is 0 Å². The molecule has 1 aromatic rings. The molecule has 1 atom stereocenters. The second kappa shape index (κ2) is 4.05. The Balaban J connectivity index is 3.24. The molecule has 0 spiro atoms. The fraction of sp³-hybridized carbons (Fsp3) is 0.462. The molecule has 2 nitrogen and oxygen atoms in total. The van der Waals surface area contributed by atoms with Gasteiger partial charge in [0.2, 0.25) is 0 Å². The van der Waals surface area contributed by atoms with Crippen molar-refractivity contribution >= 4 is 5.97 Å². The number of hydrogen-bond acceptors (Lipinski definition) is 1. The Bertz CT molecular complexity index is 361. The summed E-state index contributed by atoms with van der Waals surface area (Å²) < 4.78 is 0. The summed E-state index contributed by atoms with van der Waals surface area (Å²) in [5.41, 5.74) is 2.01. The van der Waals surface area contributed by atoms with E-state index in [4.69, 9.17) is 5.11 Å². The summed E-state index contributed by atoms with van der Waals surface area (Å²) in [5.74, 6) is -1.22. The standard InChI is InChI=1S/C13H18O2/c1-9(12(14)15)10-7-5-6-8-11(10)13(2,3)4/h5-9H,1-4H3,(H,14,15). The molecule has 0 bridgehead atoms. The van der Waals surface area contributed by atoms with Gasteiger partial charge in [-0.25, -0.2) is 0 Å². The maximum Gasteiger partial charge on any atom is 0.310 e. The van der Waals surface area contributed by atoms with Gasteiger partial charge in [0.1, 0.15) is 0 Å². The van der Waals surface area contributed by atoms with E-state index in [9.17, 15) is 4.79 Å². The summed E-state index contributed by atoms with van der Waals surface area (Å²) >= 11 is 0. The minimum atomic E-state index is -0.772. The summed E-state index contributed by atoms with van der Waals surface area (Å²) in [4.78, 5) is 11.0. The highest BCUT2D eigenvalue weighted by Crippen LogP contribution is 2.30. The molecule has 0 fully saturated rings. The molecule has 1 N–H and O–H groups in total. The highest BCUT2D eigenvalue weighted by Gasteiger charge is 2.23. The van der Waals surface area contributed by atoms with Gasteiger partial charge in [0, 0.05) is 0 Å². The molecule has 0 radical (unpaired) electrons. The molecule has 2 heteroatoms. The van der Waals surface area contributed by atoms with E-state index in [-0.39, 0.29) is 5.41 Å². The van der Waals surface area contributed by atoms with Crippen molar-refractivity contribution < 1.29 is 9.90 Å². The lowest BCUT2D eigenvalue weighted by Crippen LogP contribution is -2.18. The molecule has 1 unspecified atom stereocenters. The SMILES string of the molecule is CC(C(=O)O)c1ccccc1C(C)(C)C. The average molecular weight is 206 g/mol. The van der Waals surface area contributed by atoms with Crippen LogP contribution in [0.5, 0.6) is 0 Å². The number of carboxylic acid groups (broad SMARTS) is 1. The number of carboxylic acids is 1. The first kappa shape index (κ1) is 11.8. The first-order valence-corrected chi connectivity index (χ1v) is 5.16.